The van der Waals surface area contributed by atoms with Crippen LogP contribution in [0.1, 0.15) is 39.8 Å². The number of nitrogens with two attached hydrogens (primary N) is 1. The Balaban J connectivity index is 2.13. The molecule has 2 N–H and O–H groups in total. The Morgan fingerprint density at radius 3 is 2.75 bits per heavy atom. The summed E-state index contributed by atoms with van der Waals surface area (Å²) < 4.78 is 0. The second kappa shape index (κ2) is 5.71. The van der Waals surface area contributed by atoms with Gasteiger partial charge in [-0.25, -0.2) is 4.98 Å². The summed E-state index contributed by atoms with van der Waals surface area (Å²) in [5.74, 6) is 0.312. The zero-order chi connectivity index (χ0) is 16.8. The molecule has 3 nitrogen and oxygen atoms in total. The molecule has 1 amide bonds. The summed E-state index contributed by atoms with van der Waals surface area (Å²) >= 11 is 1.78. The Bertz CT molecular complexity index is 943. The fraction of sp³-hybridized carbons (Fsp3) is 0.300. The van der Waals surface area contributed by atoms with E-state index in [9.17, 15) is 4.79 Å². The van der Waals surface area contributed by atoms with Crippen LogP contribution in [-0.2, 0) is 12.8 Å². The molecule has 0 saturated carbocycles. The van der Waals surface area contributed by atoms with Gasteiger partial charge in [0.2, 0.25) is 0 Å². The van der Waals surface area contributed by atoms with Gasteiger partial charge < -0.3 is 5.73 Å². The summed E-state index contributed by atoms with van der Waals surface area (Å²) in [6.45, 7) is 4.19. The molecule has 0 radical (unpaired) electrons. The van der Waals surface area contributed by atoms with Crippen molar-refractivity contribution in [3.05, 3.63) is 52.0 Å². The van der Waals surface area contributed by atoms with E-state index in [1.54, 1.807) is 11.3 Å². The second-order valence-electron chi connectivity index (χ2n) is 6.71. The number of thiophene rings is 1. The predicted octanol–water partition coefficient (Wildman–Crippen LogP) is 4.50. The zero-order valence-electron chi connectivity index (χ0n) is 13.9. The molecule has 3 aromatic rings. The molecule has 4 heteroatoms. The average molecular weight is 336 g/mol. The monoisotopic (exact) mass is 336 g/mol. The summed E-state index contributed by atoms with van der Waals surface area (Å²) in [6, 6.07) is 10.1. The van der Waals surface area contributed by atoms with Crippen LogP contribution in [0.15, 0.2) is 30.3 Å². The quantitative estimate of drug-likeness (QED) is 0.749. The third kappa shape index (κ3) is 2.33. The SMILES string of the molecule is Cc1nc2sc3c(c2c(-c2ccccc2)c1C(N)=O)CC[C@@H](C)C3. The van der Waals surface area contributed by atoms with Gasteiger partial charge in [0.05, 0.1) is 11.3 Å². The van der Waals surface area contributed by atoms with Gasteiger partial charge in [-0.15, -0.1) is 11.3 Å². The maximum Gasteiger partial charge on any atom is 0.251 e. The largest absolute Gasteiger partial charge is 0.366 e. The summed E-state index contributed by atoms with van der Waals surface area (Å²) in [5.41, 5.74) is 10.4. The van der Waals surface area contributed by atoms with Crippen molar-refractivity contribution in [3.8, 4) is 11.1 Å². The smallest absolute Gasteiger partial charge is 0.251 e. The number of primary amides is 1. The van der Waals surface area contributed by atoms with Crippen molar-refractivity contribution in [2.45, 2.75) is 33.1 Å². The number of rotatable bonds is 2. The topological polar surface area (TPSA) is 56.0 Å². The van der Waals surface area contributed by atoms with Gasteiger partial charge in [-0.1, -0.05) is 37.3 Å². The fourth-order valence-corrected chi connectivity index (χ4v) is 5.22. The number of nitrogens with zero attached hydrogens (tertiary/aromatic N) is 1. The lowest BCUT2D eigenvalue weighted by atomic mass is 9.86. The number of fused-ring (bicyclic) bond motifs is 3. The molecule has 1 atom stereocenters. The minimum Gasteiger partial charge on any atom is -0.366 e. The summed E-state index contributed by atoms with van der Waals surface area (Å²) in [5, 5.41) is 1.15. The van der Waals surface area contributed by atoms with E-state index in [-0.39, 0.29) is 0 Å². The third-order valence-corrected chi connectivity index (χ3v) is 6.08. The molecule has 122 valence electrons. The number of hydrogen-bond acceptors (Lipinski definition) is 3. The van der Waals surface area contributed by atoms with E-state index in [1.165, 1.54) is 16.9 Å². The van der Waals surface area contributed by atoms with Crippen molar-refractivity contribution < 1.29 is 4.79 Å². The van der Waals surface area contributed by atoms with Gasteiger partial charge in [0.15, 0.2) is 0 Å². The second-order valence-corrected chi connectivity index (χ2v) is 7.79. The number of amides is 1. The number of carbonyl (C=O) groups is 1. The van der Waals surface area contributed by atoms with Gasteiger partial charge in [-0.3, -0.25) is 4.79 Å². The van der Waals surface area contributed by atoms with E-state index in [0.717, 1.165) is 39.9 Å². The Morgan fingerprint density at radius 1 is 1.29 bits per heavy atom. The molecule has 0 fully saturated rings. The van der Waals surface area contributed by atoms with Crippen LogP contribution in [0.5, 0.6) is 0 Å². The first-order chi connectivity index (χ1) is 11.6. The number of aromatic nitrogens is 1. The minimum absolute atomic E-state index is 0.398. The highest BCUT2D eigenvalue weighted by Crippen LogP contribution is 2.43. The molecular weight excluding hydrogens is 316 g/mol. The molecule has 24 heavy (non-hydrogen) atoms. The van der Waals surface area contributed by atoms with Gasteiger partial charge in [0.1, 0.15) is 4.83 Å². The first kappa shape index (κ1) is 15.3. The van der Waals surface area contributed by atoms with Crippen LogP contribution >= 0.6 is 11.3 Å². The molecule has 2 aromatic heterocycles. The highest BCUT2D eigenvalue weighted by molar-refractivity contribution is 7.19. The first-order valence-corrected chi connectivity index (χ1v) is 9.18. The van der Waals surface area contributed by atoms with E-state index in [1.807, 2.05) is 25.1 Å². The Hall–Kier alpha value is -2.20. The summed E-state index contributed by atoms with van der Waals surface area (Å²) in [4.78, 5) is 19.4. The maximum absolute atomic E-state index is 12.2. The van der Waals surface area contributed by atoms with E-state index >= 15 is 0 Å². The Morgan fingerprint density at radius 2 is 2.04 bits per heavy atom. The fourth-order valence-electron chi connectivity index (χ4n) is 3.78. The van der Waals surface area contributed by atoms with Gasteiger partial charge in [-0.2, -0.15) is 0 Å². The molecule has 2 heterocycles. The zero-order valence-corrected chi connectivity index (χ0v) is 14.7. The summed E-state index contributed by atoms with van der Waals surface area (Å²) in [6.07, 6.45) is 3.35. The molecule has 1 aliphatic rings. The van der Waals surface area contributed by atoms with Crippen LogP contribution in [-0.4, -0.2) is 10.9 Å². The molecule has 1 aliphatic carbocycles. The molecule has 4 rings (SSSR count). The first-order valence-electron chi connectivity index (χ1n) is 8.36. The van der Waals surface area contributed by atoms with E-state index in [0.29, 0.717) is 11.5 Å². The molecule has 0 unspecified atom stereocenters. The van der Waals surface area contributed by atoms with E-state index in [2.05, 4.69) is 19.1 Å². The van der Waals surface area contributed by atoms with Crippen molar-refractivity contribution in [3.63, 3.8) is 0 Å². The number of pyridine rings is 1. The molecule has 1 aromatic carbocycles. The van der Waals surface area contributed by atoms with Crippen molar-refractivity contribution >= 4 is 27.5 Å². The molecule has 0 aliphatic heterocycles. The van der Waals surface area contributed by atoms with Crippen LogP contribution in [0.25, 0.3) is 21.3 Å². The Labute approximate surface area is 145 Å². The lowest BCUT2D eigenvalue weighted by molar-refractivity contribution is 0.1000. The number of carbonyl (C=O) groups excluding carboxylic acids is 1. The highest BCUT2D eigenvalue weighted by Gasteiger charge is 2.26. The highest BCUT2D eigenvalue weighted by atomic mass is 32.1. The molecular formula is C20H20N2OS. The lowest BCUT2D eigenvalue weighted by Crippen LogP contribution is -2.16. The maximum atomic E-state index is 12.2. The van der Waals surface area contributed by atoms with E-state index < -0.39 is 5.91 Å². The number of hydrogen-bond donors (Lipinski definition) is 1. The molecule has 0 bridgehead atoms. The van der Waals surface area contributed by atoms with Gasteiger partial charge in [-0.05, 0) is 43.2 Å². The van der Waals surface area contributed by atoms with E-state index in [4.69, 9.17) is 10.7 Å². The number of benzene rings is 1. The normalized spacial score (nSPS) is 17.0. The van der Waals surface area contributed by atoms with Crippen LogP contribution < -0.4 is 5.73 Å². The van der Waals surface area contributed by atoms with Crippen LogP contribution in [0.2, 0.25) is 0 Å². The number of aryl methyl sites for hydroxylation is 2. The van der Waals surface area contributed by atoms with Gasteiger partial charge in [0.25, 0.3) is 5.91 Å². The average Bonchev–Trinajstić information content (AvgIpc) is 2.90. The molecule has 0 spiro atoms. The standard InChI is InChI=1S/C20H20N2OS/c1-11-8-9-14-15(10-11)24-20-18(14)17(13-6-4-3-5-7-13)16(19(21)23)12(2)22-20/h3-7,11H,8-10H2,1-2H3,(H2,21,23)/t11-/m1/s1. The predicted molar refractivity (Wildman–Crippen MR) is 99.5 cm³/mol. The third-order valence-electron chi connectivity index (χ3n) is 4.93. The van der Waals surface area contributed by atoms with Crippen LogP contribution in [0.4, 0.5) is 0 Å². The van der Waals surface area contributed by atoms with Gasteiger partial charge >= 0.3 is 0 Å². The van der Waals surface area contributed by atoms with Gasteiger partial charge in [0, 0.05) is 15.8 Å². The van der Waals surface area contributed by atoms with Crippen LogP contribution in [0, 0.1) is 12.8 Å². The Kier molecular flexibility index (Phi) is 3.65. The van der Waals surface area contributed by atoms with Crippen molar-refractivity contribution in [2.75, 3.05) is 0 Å². The summed E-state index contributed by atoms with van der Waals surface area (Å²) in [7, 11) is 0. The molecule has 0 saturated heterocycles. The lowest BCUT2D eigenvalue weighted by Gasteiger charge is -2.19. The van der Waals surface area contributed by atoms with Crippen molar-refractivity contribution in [1.29, 1.82) is 0 Å². The van der Waals surface area contributed by atoms with Crippen molar-refractivity contribution in [2.24, 2.45) is 11.7 Å². The van der Waals surface area contributed by atoms with Crippen LogP contribution in [0.3, 0.4) is 0 Å². The van der Waals surface area contributed by atoms with Crippen molar-refractivity contribution in [1.82, 2.24) is 4.98 Å². The minimum atomic E-state index is -0.398.